The van der Waals surface area contributed by atoms with Gasteiger partial charge in [-0.15, -0.1) is 0 Å². The molecular weight excluding hydrogens is 162 g/mol. The first-order chi connectivity index (χ1) is 6.33. The molecule has 0 fully saturated rings. The van der Waals surface area contributed by atoms with E-state index in [1.807, 2.05) is 18.2 Å². The standard InChI is InChI=1S/C11H17NO/c12-11(9-13)8-4-7-10-5-2-1-3-6-10/h1-3,5-6,11,13H,4,7-9,12H2. The molecule has 3 N–H and O–H groups in total. The highest BCUT2D eigenvalue weighted by molar-refractivity contribution is 5.14. The molecule has 1 unspecified atom stereocenters. The largest absolute Gasteiger partial charge is 0.395 e. The van der Waals surface area contributed by atoms with Crippen molar-refractivity contribution < 1.29 is 5.11 Å². The normalized spacial score (nSPS) is 12.8. The lowest BCUT2D eigenvalue weighted by atomic mass is 10.1. The number of hydrogen-bond acceptors (Lipinski definition) is 2. The van der Waals surface area contributed by atoms with Crippen molar-refractivity contribution in [3.63, 3.8) is 0 Å². The molecule has 0 saturated carbocycles. The van der Waals surface area contributed by atoms with Crippen molar-refractivity contribution >= 4 is 0 Å². The number of rotatable bonds is 5. The zero-order chi connectivity index (χ0) is 9.52. The van der Waals surface area contributed by atoms with Gasteiger partial charge in [-0.1, -0.05) is 30.3 Å². The molecule has 0 radical (unpaired) electrons. The molecule has 0 aliphatic heterocycles. The van der Waals surface area contributed by atoms with Crippen molar-refractivity contribution in [3.05, 3.63) is 35.9 Å². The molecule has 0 amide bonds. The maximum absolute atomic E-state index is 8.71. The van der Waals surface area contributed by atoms with Crippen LogP contribution in [0.25, 0.3) is 0 Å². The Morgan fingerprint density at radius 3 is 2.54 bits per heavy atom. The third-order valence-corrected chi connectivity index (χ3v) is 2.12. The summed E-state index contributed by atoms with van der Waals surface area (Å²) in [5.74, 6) is 0. The minimum atomic E-state index is -0.0521. The molecule has 1 rings (SSSR count). The first-order valence-electron chi connectivity index (χ1n) is 4.73. The number of hydrogen-bond donors (Lipinski definition) is 2. The molecule has 13 heavy (non-hydrogen) atoms. The number of nitrogens with two attached hydrogens (primary N) is 1. The molecule has 72 valence electrons. The Morgan fingerprint density at radius 1 is 1.23 bits per heavy atom. The summed E-state index contributed by atoms with van der Waals surface area (Å²) in [4.78, 5) is 0. The van der Waals surface area contributed by atoms with Gasteiger partial charge >= 0.3 is 0 Å². The molecule has 2 heteroatoms. The third kappa shape index (κ3) is 4.06. The van der Waals surface area contributed by atoms with Crippen LogP contribution in [0.3, 0.4) is 0 Å². The zero-order valence-electron chi connectivity index (χ0n) is 7.82. The van der Waals surface area contributed by atoms with Gasteiger partial charge in [0.25, 0.3) is 0 Å². The van der Waals surface area contributed by atoms with Crippen LogP contribution in [0.1, 0.15) is 18.4 Å². The third-order valence-electron chi connectivity index (χ3n) is 2.12. The molecule has 0 aliphatic carbocycles. The Morgan fingerprint density at radius 2 is 1.92 bits per heavy atom. The molecule has 0 spiro atoms. The van der Waals surface area contributed by atoms with Crippen LogP contribution < -0.4 is 5.73 Å². The van der Waals surface area contributed by atoms with Gasteiger partial charge in [-0.2, -0.15) is 0 Å². The first-order valence-corrected chi connectivity index (χ1v) is 4.73. The van der Waals surface area contributed by atoms with Crippen LogP contribution in [0.5, 0.6) is 0 Å². The summed E-state index contributed by atoms with van der Waals surface area (Å²) in [5.41, 5.74) is 6.93. The van der Waals surface area contributed by atoms with Crippen molar-refractivity contribution in [2.45, 2.75) is 25.3 Å². The van der Waals surface area contributed by atoms with Crippen LogP contribution in [-0.2, 0) is 6.42 Å². The summed E-state index contributed by atoms with van der Waals surface area (Å²) in [6.07, 6.45) is 2.99. The Bertz CT molecular complexity index is 223. The second kappa shape index (κ2) is 5.73. The lowest BCUT2D eigenvalue weighted by molar-refractivity contribution is 0.258. The molecule has 2 nitrogen and oxygen atoms in total. The Hall–Kier alpha value is -0.860. The van der Waals surface area contributed by atoms with Crippen molar-refractivity contribution in [2.24, 2.45) is 5.73 Å². The summed E-state index contributed by atoms with van der Waals surface area (Å²) in [6, 6.07) is 10.3. The van der Waals surface area contributed by atoms with Crippen molar-refractivity contribution in [2.75, 3.05) is 6.61 Å². The van der Waals surface area contributed by atoms with Crippen LogP contribution in [0.2, 0.25) is 0 Å². The quantitative estimate of drug-likeness (QED) is 0.716. The molecule has 0 saturated heterocycles. The predicted octanol–water partition coefficient (Wildman–Crippen LogP) is 1.33. The summed E-state index contributed by atoms with van der Waals surface area (Å²) in [6.45, 7) is 0.0921. The summed E-state index contributed by atoms with van der Waals surface area (Å²) >= 11 is 0. The van der Waals surface area contributed by atoms with E-state index in [1.54, 1.807) is 0 Å². The Labute approximate surface area is 79.4 Å². The van der Waals surface area contributed by atoms with Gasteiger partial charge in [0.2, 0.25) is 0 Å². The molecule has 0 heterocycles. The maximum Gasteiger partial charge on any atom is 0.0582 e. The fourth-order valence-corrected chi connectivity index (χ4v) is 1.30. The SMILES string of the molecule is NC(CO)CCCc1ccccc1. The van der Waals surface area contributed by atoms with E-state index < -0.39 is 0 Å². The number of benzene rings is 1. The minimum Gasteiger partial charge on any atom is -0.395 e. The number of aliphatic hydroxyl groups excluding tert-OH is 1. The van der Waals surface area contributed by atoms with E-state index in [4.69, 9.17) is 10.8 Å². The van der Waals surface area contributed by atoms with Crippen LogP contribution in [-0.4, -0.2) is 17.8 Å². The Balaban J connectivity index is 2.20. The van der Waals surface area contributed by atoms with Crippen LogP contribution in [0.4, 0.5) is 0 Å². The Kier molecular flexibility index (Phi) is 4.50. The summed E-state index contributed by atoms with van der Waals surface area (Å²) in [5, 5.41) is 8.71. The number of aliphatic hydroxyl groups is 1. The highest BCUT2D eigenvalue weighted by Crippen LogP contribution is 2.05. The molecular formula is C11H17NO. The molecule has 1 atom stereocenters. The van der Waals surface area contributed by atoms with Crippen molar-refractivity contribution in [1.82, 2.24) is 0 Å². The van der Waals surface area contributed by atoms with Crippen molar-refractivity contribution in [1.29, 1.82) is 0 Å². The van der Waals surface area contributed by atoms with E-state index in [1.165, 1.54) is 5.56 Å². The van der Waals surface area contributed by atoms with E-state index >= 15 is 0 Å². The zero-order valence-corrected chi connectivity index (χ0v) is 7.82. The lowest BCUT2D eigenvalue weighted by Crippen LogP contribution is -2.24. The van der Waals surface area contributed by atoms with E-state index in [-0.39, 0.29) is 12.6 Å². The molecule has 0 aliphatic rings. The van der Waals surface area contributed by atoms with Gasteiger partial charge in [-0.05, 0) is 24.8 Å². The molecule has 1 aromatic rings. The van der Waals surface area contributed by atoms with Gasteiger partial charge in [0.1, 0.15) is 0 Å². The predicted molar refractivity (Wildman–Crippen MR) is 54.4 cm³/mol. The minimum absolute atomic E-state index is 0.0521. The number of aryl methyl sites for hydroxylation is 1. The van der Waals surface area contributed by atoms with E-state index in [0.717, 1.165) is 19.3 Å². The van der Waals surface area contributed by atoms with Crippen LogP contribution >= 0.6 is 0 Å². The van der Waals surface area contributed by atoms with Crippen LogP contribution in [0, 0.1) is 0 Å². The topological polar surface area (TPSA) is 46.2 Å². The molecule has 0 bridgehead atoms. The van der Waals surface area contributed by atoms with Crippen LogP contribution in [0.15, 0.2) is 30.3 Å². The van der Waals surface area contributed by atoms with Gasteiger partial charge in [-0.3, -0.25) is 0 Å². The van der Waals surface area contributed by atoms with E-state index in [0.29, 0.717) is 0 Å². The maximum atomic E-state index is 8.71. The van der Waals surface area contributed by atoms with E-state index in [9.17, 15) is 0 Å². The second-order valence-corrected chi connectivity index (χ2v) is 3.32. The fourth-order valence-electron chi connectivity index (χ4n) is 1.30. The summed E-state index contributed by atoms with van der Waals surface area (Å²) < 4.78 is 0. The van der Waals surface area contributed by atoms with Gasteiger partial charge in [0.05, 0.1) is 6.61 Å². The second-order valence-electron chi connectivity index (χ2n) is 3.32. The average Bonchev–Trinajstić information content (AvgIpc) is 2.19. The van der Waals surface area contributed by atoms with Crippen molar-refractivity contribution in [3.8, 4) is 0 Å². The first kappa shape index (κ1) is 10.2. The lowest BCUT2D eigenvalue weighted by Gasteiger charge is -2.06. The monoisotopic (exact) mass is 179 g/mol. The van der Waals surface area contributed by atoms with Gasteiger partial charge < -0.3 is 10.8 Å². The fraction of sp³-hybridized carbons (Fsp3) is 0.455. The smallest absolute Gasteiger partial charge is 0.0582 e. The average molecular weight is 179 g/mol. The molecule has 1 aromatic carbocycles. The van der Waals surface area contributed by atoms with Gasteiger partial charge in [-0.25, -0.2) is 0 Å². The van der Waals surface area contributed by atoms with E-state index in [2.05, 4.69) is 12.1 Å². The van der Waals surface area contributed by atoms with Gasteiger partial charge in [0, 0.05) is 6.04 Å². The summed E-state index contributed by atoms with van der Waals surface area (Å²) in [7, 11) is 0. The highest BCUT2D eigenvalue weighted by Gasteiger charge is 1.99. The highest BCUT2D eigenvalue weighted by atomic mass is 16.3. The molecule has 0 aromatic heterocycles. The van der Waals surface area contributed by atoms with Gasteiger partial charge in [0.15, 0.2) is 0 Å².